The highest BCUT2D eigenvalue weighted by atomic mass is 16.3. The van der Waals surface area contributed by atoms with Gasteiger partial charge >= 0.3 is 0 Å². The Kier molecular flexibility index (Phi) is 3.82. The summed E-state index contributed by atoms with van der Waals surface area (Å²) in [6.07, 6.45) is 0. The van der Waals surface area contributed by atoms with Gasteiger partial charge in [-0.05, 0) is 19.1 Å². The number of nitrogens with zero attached hydrogens (tertiary/aromatic N) is 1. The van der Waals surface area contributed by atoms with Crippen LogP contribution in [0.3, 0.4) is 0 Å². The van der Waals surface area contributed by atoms with Gasteiger partial charge in [-0.1, -0.05) is 17.7 Å². The van der Waals surface area contributed by atoms with Gasteiger partial charge in [-0.3, -0.25) is 4.79 Å². The predicted octanol–water partition coefficient (Wildman–Crippen LogP) is 0.277. The molecule has 0 heterocycles. The van der Waals surface area contributed by atoms with Crippen LogP contribution >= 0.6 is 0 Å². The van der Waals surface area contributed by atoms with Crippen molar-refractivity contribution in [2.45, 2.75) is 13.0 Å². The lowest BCUT2D eigenvalue weighted by molar-refractivity contribution is -0.120. The Morgan fingerprint density at radius 2 is 2.00 bits per heavy atom. The van der Waals surface area contributed by atoms with E-state index in [0.29, 0.717) is 0 Å². The Morgan fingerprint density at radius 1 is 1.47 bits per heavy atom. The summed E-state index contributed by atoms with van der Waals surface area (Å²) in [5.74, 6) is -0.290. The monoisotopic (exact) mass is 208 g/mol. The van der Waals surface area contributed by atoms with Gasteiger partial charge in [-0.15, -0.1) is 0 Å². The van der Waals surface area contributed by atoms with Gasteiger partial charge in [0, 0.05) is 12.7 Å². The van der Waals surface area contributed by atoms with Gasteiger partial charge in [0.15, 0.2) is 0 Å². The first-order valence-corrected chi connectivity index (χ1v) is 4.77. The van der Waals surface area contributed by atoms with E-state index >= 15 is 0 Å². The van der Waals surface area contributed by atoms with E-state index in [-0.39, 0.29) is 12.5 Å². The normalized spacial score (nSPS) is 12.3. The smallest absolute Gasteiger partial charge is 0.246 e. The van der Waals surface area contributed by atoms with Crippen LogP contribution in [0.5, 0.6) is 0 Å². The van der Waals surface area contributed by atoms with Crippen molar-refractivity contribution >= 4 is 11.6 Å². The average molecular weight is 208 g/mol. The molecule has 0 spiro atoms. The molecule has 4 heteroatoms. The van der Waals surface area contributed by atoms with Gasteiger partial charge in [0.05, 0.1) is 6.61 Å². The topological polar surface area (TPSA) is 66.6 Å². The molecule has 0 aromatic heterocycles. The van der Waals surface area contributed by atoms with Gasteiger partial charge in [-0.2, -0.15) is 0 Å². The molecule has 4 nitrogen and oxygen atoms in total. The zero-order valence-corrected chi connectivity index (χ0v) is 8.97. The predicted molar refractivity (Wildman–Crippen MR) is 59.7 cm³/mol. The molecule has 82 valence electrons. The number of rotatable bonds is 3. The number of carbonyl (C=O) groups excluding carboxylic acids is 1. The third kappa shape index (κ3) is 2.78. The second kappa shape index (κ2) is 4.91. The quantitative estimate of drug-likeness (QED) is 0.749. The number of hydrogen-bond donors (Lipinski definition) is 2. The molecule has 0 saturated carbocycles. The number of hydrogen-bond acceptors (Lipinski definition) is 3. The first kappa shape index (κ1) is 11.7. The van der Waals surface area contributed by atoms with Crippen LogP contribution in [0.15, 0.2) is 24.3 Å². The largest absolute Gasteiger partial charge is 0.394 e. The second-order valence-corrected chi connectivity index (χ2v) is 3.52. The van der Waals surface area contributed by atoms with E-state index in [9.17, 15) is 4.79 Å². The van der Waals surface area contributed by atoms with Crippen LogP contribution in [0, 0.1) is 6.92 Å². The van der Waals surface area contributed by atoms with Crippen LogP contribution in [0.2, 0.25) is 0 Å². The summed E-state index contributed by atoms with van der Waals surface area (Å²) in [5, 5.41) is 8.77. The van der Waals surface area contributed by atoms with Crippen molar-refractivity contribution in [3.05, 3.63) is 29.8 Å². The number of benzene rings is 1. The van der Waals surface area contributed by atoms with E-state index in [1.54, 1.807) is 7.05 Å². The second-order valence-electron chi connectivity index (χ2n) is 3.52. The fraction of sp³-hybridized carbons (Fsp3) is 0.364. The Labute approximate surface area is 89.3 Å². The van der Waals surface area contributed by atoms with Crippen molar-refractivity contribution < 1.29 is 9.90 Å². The summed E-state index contributed by atoms with van der Waals surface area (Å²) in [5.41, 5.74) is 7.35. The number of aryl methyl sites for hydroxylation is 1. The lowest BCUT2D eigenvalue weighted by Crippen LogP contribution is -2.44. The van der Waals surface area contributed by atoms with Gasteiger partial charge < -0.3 is 15.7 Å². The highest BCUT2D eigenvalue weighted by molar-refractivity contribution is 5.96. The summed E-state index contributed by atoms with van der Waals surface area (Å²) >= 11 is 0. The number of anilines is 1. The maximum absolute atomic E-state index is 11.6. The zero-order valence-electron chi connectivity index (χ0n) is 8.97. The van der Waals surface area contributed by atoms with Crippen LogP contribution in [0.1, 0.15) is 5.56 Å². The first-order valence-electron chi connectivity index (χ1n) is 4.77. The number of aliphatic hydroxyl groups is 1. The molecule has 1 amide bonds. The number of nitrogens with two attached hydrogens (primary N) is 1. The van der Waals surface area contributed by atoms with Crippen LogP contribution < -0.4 is 10.6 Å². The van der Waals surface area contributed by atoms with E-state index < -0.39 is 6.04 Å². The van der Waals surface area contributed by atoms with Gasteiger partial charge in [0.2, 0.25) is 5.91 Å². The minimum absolute atomic E-state index is 0.290. The Bertz CT molecular complexity index is 335. The molecule has 0 aliphatic heterocycles. The standard InChI is InChI=1S/C11H16N2O2/c1-8-3-5-9(6-4-8)13(2)11(15)10(12)7-14/h3-6,10,14H,7,12H2,1-2H3. The van der Waals surface area contributed by atoms with E-state index in [1.165, 1.54) is 4.90 Å². The molecule has 1 atom stereocenters. The van der Waals surface area contributed by atoms with Crippen molar-refractivity contribution in [3.8, 4) is 0 Å². The first-order chi connectivity index (χ1) is 7.06. The Balaban J connectivity index is 2.80. The van der Waals surface area contributed by atoms with Crippen LogP contribution in [-0.2, 0) is 4.79 Å². The third-order valence-corrected chi connectivity index (χ3v) is 2.27. The summed E-state index contributed by atoms with van der Waals surface area (Å²) in [4.78, 5) is 13.0. The van der Waals surface area contributed by atoms with Gasteiger partial charge in [0.1, 0.15) is 6.04 Å². The maximum atomic E-state index is 11.6. The Hall–Kier alpha value is -1.39. The summed E-state index contributed by atoms with van der Waals surface area (Å²) in [6.45, 7) is 1.64. The van der Waals surface area contributed by atoms with Crippen molar-refractivity contribution in [1.82, 2.24) is 0 Å². The molecular formula is C11H16N2O2. The lowest BCUT2D eigenvalue weighted by Gasteiger charge is -2.20. The molecule has 0 fully saturated rings. The number of carbonyl (C=O) groups is 1. The van der Waals surface area contributed by atoms with Gasteiger partial charge in [-0.25, -0.2) is 0 Å². The molecular weight excluding hydrogens is 192 g/mol. The number of likely N-dealkylation sites (N-methyl/N-ethyl adjacent to an activating group) is 1. The molecule has 15 heavy (non-hydrogen) atoms. The number of amides is 1. The van der Waals surface area contributed by atoms with Crippen LogP contribution in [0.25, 0.3) is 0 Å². The molecule has 1 aromatic rings. The van der Waals surface area contributed by atoms with Crippen molar-refractivity contribution in [1.29, 1.82) is 0 Å². The maximum Gasteiger partial charge on any atom is 0.246 e. The summed E-state index contributed by atoms with van der Waals surface area (Å²) < 4.78 is 0. The molecule has 0 bridgehead atoms. The SMILES string of the molecule is Cc1ccc(N(C)C(=O)C(N)CO)cc1. The highest BCUT2D eigenvalue weighted by Crippen LogP contribution is 2.13. The fourth-order valence-electron chi connectivity index (χ4n) is 1.22. The molecule has 1 unspecified atom stereocenters. The molecule has 0 saturated heterocycles. The molecule has 1 rings (SSSR count). The minimum Gasteiger partial charge on any atom is -0.394 e. The molecule has 0 radical (unpaired) electrons. The van der Waals surface area contributed by atoms with E-state index in [2.05, 4.69) is 0 Å². The van der Waals surface area contributed by atoms with Crippen molar-refractivity contribution in [3.63, 3.8) is 0 Å². The fourth-order valence-corrected chi connectivity index (χ4v) is 1.22. The van der Waals surface area contributed by atoms with Crippen LogP contribution in [0.4, 0.5) is 5.69 Å². The van der Waals surface area contributed by atoms with E-state index in [4.69, 9.17) is 10.8 Å². The van der Waals surface area contributed by atoms with Crippen molar-refractivity contribution in [2.75, 3.05) is 18.6 Å². The third-order valence-electron chi connectivity index (χ3n) is 2.27. The molecule has 3 N–H and O–H groups in total. The minimum atomic E-state index is -0.851. The van der Waals surface area contributed by atoms with Crippen molar-refractivity contribution in [2.24, 2.45) is 5.73 Å². The average Bonchev–Trinajstić information content (AvgIpc) is 2.27. The van der Waals surface area contributed by atoms with E-state index in [1.807, 2.05) is 31.2 Å². The highest BCUT2D eigenvalue weighted by Gasteiger charge is 2.17. The van der Waals surface area contributed by atoms with Crippen LogP contribution in [-0.4, -0.2) is 30.7 Å². The van der Waals surface area contributed by atoms with E-state index in [0.717, 1.165) is 11.3 Å². The lowest BCUT2D eigenvalue weighted by atomic mass is 10.2. The number of aliphatic hydroxyl groups excluding tert-OH is 1. The molecule has 1 aromatic carbocycles. The molecule has 0 aliphatic rings. The Morgan fingerprint density at radius 3 is 2.47 bits per heavy atom. The van der Waals surface area contributed by atoms with Gasteiger partial charge in [0.25, 0.3) is 0 Å². The summed E-state index contributed by atoms with van der Waals surface area (Å²) in [6, 6.07) is 6.68. The summed E-state index contributed by atoms with van der Waals surface area (Å²) in [7, 11) is 1.64. The molecule has 0 aliphatic carbocycles. The zero-order chi connectivity index (χ0) is 11.4.